The Morgan fingerprint density at radius 2 is 2.08 bits per heavy atom. The molecule has 4 heterocycles. The zero-order valence-electron chi connectivity index (χ0n) is 12.7. The van der Waals surface area contributed by atoms with Crippen molar-refractivity contribution in [1.29, 1.82) is 0 Å². The van der Waals surface area contributed by atoms with E-state index in [0.29, 0.717) is 22.1 Å². The number of hydrogen-bond donors (Lipinski definition) is 5. The Bertz CT molecular complexity index is 899. The molecule has 0 aliphatic carbocycles. The van der Waals surface area contributed by atoms with Crippen LogP contribution in [-0.2, 0) is 4.74 Å². The van der Waals surface area contributed by atoms with Gasteiger partial charge in [0.1, 0.15) is 24.1 Å². The summed E-state index contributed by atoms with van der Waals surface area (Å²) >= 11 is 1.25. The first-order valence-electron chi connectivity index (χ1n) is 7.30. The van der Waals surface area contributed by atoms with Gasteiger partial charge in [-0.15, -0.1) is 5.10 Å². The third-order valence-electron chi connectivity index (χ3n) is 3.86. The minimum absolute atomic E-state index is 0.204. The number of H-pyrrole nitrogens is 1. The van der Waals surface area contributed by atoms with Crippen molar-refractivity contribution in [3.63, 3.8) is 0 Å². The first kappa shape index (κ1) is 16.0. The summed E-state index contributed by atoms with van der Waals surface area (Å²) in [6.45, 7) is 0. The molecule has 4 atom stereocenters. The summed E-state index contributed by atoms with van der Waals surface area (Å²) in [4.78, 5) is 16.1. The highest BCUT2D eigenvalue weighted by molar-refractivity contribution is 7.99. The largest absolute Gasteiger partial charge is 0.387 e. The molecule has 1 aliphatic heterocycles. The van der Waals surface area contributed by atoms with Crippen LogP contribution < -0.4 is 11.5 Å². The molecule has 0 bridgehead atoms. The molecule has 0 saturated carbocycles. The number of fused-ring (bicyclic) bond motifs is 1. The lowest BCUT2D eigenvalue weighted by Gasteiger charge is -2.16. The summed E-state index contributed by atoms with van der Waals surface area (Å²) in [6.07, 6.45) is -0.989. The van der Waals surface area contributed by atoms with Crippen LogP contribution in [0.2, 0.25) is 0 Å². The molecule has 0 spiro atoms. The van der Waals surface area contributed by atoms with E-state index in [1.807, 2.05) is 0 Å². The maximum Gasteiger partial charge on any atom is 0.216 e. The van der Waals surface area contributed by atoms with E-state index in [4.69, 9.17) is 16.2 Å². The molecular formula is C12H15N9O3S. The van der Waals surface area contributed by atoms with E-state index in [1.54, 1.807) is 0 Å². The van der Waals surface area contributed by atoms with E-state index in [-0.39, 0.29) is 11.8 Å². The normalized spacial score (nSPS) is 26.5. The van der Waals surface area contributed by atoms with E-state index in [9.17, 15) is 10.2 Å². The van der Waals surface area contributed by atoms with Crippen LogP contribution in [0.25, 0.3) is 11.2 Å². The van der Waals surface area contributed by atoms with Gasteiger partial charge in [0.05, 0.1) is 12.4 Å². The first-order chi connectivity index (χ1) is 12.0. The lowest BCUT2D eigenvalue weighted by atomic mass is 10.1. The fourth-order valence-corrected chi connectivity index (χ4v) is 3.49. The van der Waals surface area contributed by atoms with E-state index in [2.05, 4.69) is 30.1 Å². The highest BCUT2D eigenvalue weighted by atomic mass is 32.2. The van der Waals surface area contributed by atoms with Crippen molar-refractivity contribution >= 4 is 34.7 Å². The number of thioether (sulfide) groups is 1. The minimum Gasteiger partial charge on any atom is -0.387 e. The Hall–Kier alpha value is -2.48. The molecule has 1 saturated heterocycles. The Morgan fingerprint density at radius 1 is 1.24 bits per heavy atom. The zero-order valence-corrected chi connectivity index (χ0v) is 13.5. The Balaban J connectivity index is 1.54. The monoisotopic (exact) mass is 365 g/mol. The maximum atomic E-state index is 10.4. The third-order valence-corrected chi connectivity index (χ3v) is 4.79. The molecule has 25 heavy (non-hydrogen) atoms. The van der Waals surface area contributed by atoms with Crippen molar-refractivity contribution in [3.05, 3.63) is 12.7 Å². The summed E-state index contributed by atoms with van der Waals surface area (Å²) in [5, 5.41) is 27.5. The van der Waals surface area contributed by atoms with Gasteiger partial charge in [0.2, 0.25) is 11.1 Å². The number of imidazole rings is 1. The molecule has 0 radical (unpaired) electrons. The molecule has 0 amide bonds. The third kappa shape index (κ3) is 2.76. The van der Waals surface area contributed by atoms with E-state index in [1.165, 1.54) is 29.0 Å². The van der Waals surface area contributed by atoms with Gasteiger partial charge in [-0.25, -0.2) is 20.1 Å². The second-order valence-electron chi connectivity index (χ2n) is 5.44. The number of aromatic amines is 1. The smallest absolute Gasteiger partial charge is 0.216 e. The molecule has 0 aromatic carbocycles. The highest BCUT2D eigenvalue weighted by Crippen LogP contribution is 2.34. The van der Waals surface area contributed by atoms with Gasteiger partial charge in [0, 0.05) is 5.75 Å². The molecule has 4 rings (SSSR count). The molecule has 132 valence electrons. The standard InChI is InChI=1S/C12H15N9O3S/c13-8-5-9(16-2-15-8)21(3-17-5)10-7(23)6(22)4(24-10)1-25-12-18-11(14)19-20-12/h2-4,6-7,10,22-23H,1H2,(H2,13,15,16)(H3,14,18,19,20)/t4-,6-,7-,10-/m1/s1. The molecule has 7 N–H and O–H groups in total. The van der Waals surface area contributed by atoms with Crippen molar-refractivity contribution in [2.75, 3.05) is 17.2 Å². The molecule has 12 nitrogen and oxygen atoms in total. The summed E-state index contributed by atoms with van der Waals surface area (Å²) < 4.78 is 7.34. The summed E-state index contributed by atoms with van der Waals surface area (Å²) in [6, 6.07) is 0. The van der Waals surface area contributed by atoms with Crippen LogP contribution in [0, 0.1) is 0 Å². The van der Waals surface area contributed by atoms with Gasteiger partial charge in [-0.1, -0.05) is 11.8 Å². The zero-order chi connectivity index (χ0) is 17.6. The van der Waals surface area contributed by atoms with Gasteiger partial charge in [-0.3, -0.25) is 4.57 Å². The Labute approximate surface area is 144 Å². The second-order valence-corrected chi connectivity index (χ2v) is 6.43. The number of nitrogens with one attached hydrogen (secondary N) is 1. The van der Waals surface area contributed by atoms with Crippen molar-refractivity contribution < 1.29 is 14.9 Å². The topological polar surface area (TPSA) is 187 Å². The summed E-state index contributed by atoms with van der Waals surface area (Å²) in [5.74, 6) is 0.761. The SMILES string of the molecule is Nc1nc(SC[C@H]2O[C@@H](n3cnc4c(N)ncnc43)[C@H](O)[C@@H]2O)n[nH]1. The predicted octanol–water partition coefficient (Wildman–Crippen LogP) is -1.48. The van der Waals surface area contributed by atoms with Crippen LogP contribution in [0.3, 0.4) is 0 Å². The minimum atomic E-state index is -1.16. The number of aromatic nitrogens is 7. The van der Waals surface area contributed by atoms with Gasteiger partial charge in [0.25, 0.3) is 0 Å². The second kappa shape index (κ2) is 6.11. The lowest BCUT2D eigenvalue weighted by molar-refractivity contribution is -0.0289. The number of nitrogens with zero attached hydrogens (tertiary/aromatic N) is 6. The average Bonchev–Trinajstić information content (AvgIpc) is 3.27. The van der Waals surface area contributed by atoms with E-state index in [0.717, 1.165) is 0 Å². The van der Waals surface area contributed by atoms with Crippen LogP contribution in [0.4, 0.5) is 11.8 Å². The Kier molecular flexibility index (Phi) is 3.91. The molecule has 3 aromatic heterocycles. The number of nitrogen functional groups attached to an aromatic ring is 2. The molecular weight excluding hydrogens is 350 g/mol. The molecule has 3 aromatic rings. The Morgan fingerprint density at radius 3 is 2.84 bits per heavy atom. The number of rotatable bonds is 4. The number of hydrogen-bond acceptors (Lipinski definition) is 11. The number of ether oxygens (including phenoxy) is 1. The van der Waals surface area contributed by atoms with E-state index >= 15 is 0 Å². The quantitative estimate of drug-likeness (QED) is 0.339. The van der Waals surface area contributed by atoms with Crippen molar-refractivity contribution in [2.45, 2.75) is 29.7 Å². The van der Waals surface area contributed by atoms with Crippen molar-refractivity contribution in [3.8, 4) is 0 Å². The average molecular weight is 365 g/mol. The molecule has 13 heteroatoms. The molecule has 1 fully saturated rings. The fraction of sp³-hybridized carbons (Fsp3) is 0.417. The maximum absolute atomic E-state index is 10.4. The fourth-order valence-electron chi connectivity index (χ4n) is 2.63. The highest BCUT2D eigenvalue weighted by Gasteiger charge is 2.44. The first-order valence-corrected chi connectivity index (χ1v) is 8.28. The van der Waals surface area contributed by atoms with Crippen LogP contribution in [0.1, 0.15) is 6.23 Å². The van der Waals surface area contributed by atoms with Gasteiger partial charge < -0.3 is 26.4 Å². The van der Waals surface area contributed by atoms with Crippen molar-refractivity contribution in [2.24, 2.45) is 0 Å². The van der Waals surface area contributed by atoms with Crippen molar-refractivity contribution in [1.82, 2.24) is 34.7 Å². The number of nitrogens with two attached hydrogens (primary N) is 2. The van der Waals surface area contributed by atoms with E-state index < -0.39 is 24.5 Å². The number of aliphatic hydroxyl groups excluding tert-OH is 2. The molecule has 0 unspecified atom stereocenters. The lowest BCUT2D eigenvalue weighted by Crippen LogP contribution is -2.32. The van der Waals surface area contributed by atoms with Crippen LogP contribution >= 0.6 is 11.8 Å². The van der Waals surface area contributed by atoms with Crippen LogP contribution in [-0.4, -0.2) is 69.0 Å². The van der Waals surface area contributed by atoms with Gasteiger partial charge >= 0.3 is 0 Å². The van der Waals surface area contributed by atoms with Crippen LogP contribution in [0.15, 0.2) is 17.8 Å². The van der Waals surface area contributed by atoms with Gasteiger partial charge in [-0.2, -0.15) is 4.98 Å². The predicted molar refractivity (Wildman–Crippen MR) is 87.2 cm³/mol. The number of aliphatic hydroxyl groups is 2. The summed E-state index contributed by atoms with van der Waals surface area (Å²) in [7, 11) is 0. The number of anilines is 2. The van der Waals surface area contributed by atoms with Gasteiger partial charge in [-0.05, 0) is 0 Å². The molecule has 1 aliphatic rings. The van der Waals surface area contributed by atoms with Gasteiger partial charge in [0.15, 0.2) is 17.7 Å². The van der Waals surface area contributed by atoms with Crippen LogP contribution in [0.5, 0.6) is 0 Å². The summed E-state index contributed by atoms with van der Waals surface area (Å²) in [5.41, 5.74) is 12.0.